The van der Waals surface area contributed by atoms with E-state index in [9.17, 15) is 4.79 Å². The number of nitrogens with zero attached hydrogens (tertiary/aromatic N) is 1. The minimum atomic E-state index is -0.351. The van der Waals surface area contributed by atoms with Crippen LogP contribution in [0.25, 0.3) is 11.1 Å². The van der Waals surface area contributed by atoms with Crippen molar-refractivity contribution < 1.29 is 9.21 Å². The fourth-order valence-electron chi connectivity index (χ4n) is 1.50. The number of fused-ring (bicyclic) bond motifs is 1. The Bertz CT molecular complexity index is 474. The van der Waals surface area contributed by atoms with Crippen molar-refractivity contribution in [2.24, 2.45) is 5.73 Å². The van der Waals surface area contributed by atoms with Gasteiger partial charge < -0.3 is 15.5 Å². The minimum absolute atomic E-state index is 0.0921. The molecular weight excluding hydrogens is 206 g/mol. The second kappa shape index (κ2) is 4.22. The Labute approximate surface area is 92.6 Å². The molecule has 1 heterocycles. The molecule has 2 rings (SSSR count). The molecule has 0 radical (unpaired) electrons. The Hall–Kier alpha value is -2.04. The average Bonchev–Trinajstić information content (AvgIpc) is 2.57. The lowest BCUT2D eigenvalue weighted by Gasteiger charge is -2.08. The Morgan fingerprint density at radius 1 is 1.56 bits per heavy atom. The van der Waals surface area contributed by atoms with E-state index in [1.807, 2.05) is 31.2 Å². The lowest BCUT2D eigenvalue weighted by atomic mass is 10.2. The molecule has 0 fully saturated rings. The molecule has 0 aliphatic heterocycles. The molecule has 0 aliphatic rings. The first kappa shape index (κ1) is 10.5. The topological polar surface area (TPSA) is 81.2 Å². The van der Waals surface area contributed by atoms with Crippen molar-refractivity contribution in [3.05, 3.63) is 24.3 Å². The summed E-state index contributed by atoms with van der Waals surface area (Å²) < 4.78 is 5.45. The van der Waals surface area contributed by atoms with E-state index in [1.165, 1.54) is 0 Å². The maximum Gasteiger partial charge on any atom is 0.295 e. The van der Waals surface area contributed by atoms with Crippen LogP contribution in [0.4, 0.5) is 6.01 Å². The van der Waals surface area contributed by atoms with Crippen LogP contribution in [-0.2, 0) is 4.79 Å². The molecule has 1 unspecified atom stereocenters. The number of aromatic nitrogens is 1. The van der Waals surface area contributed by atoms with Crippen LogP contribution in [0, 0.1) is 0 Å². The summed E-state index contributed by atoms with van der Waals surface area (Å²) in [4.78, 5) is 14.9. The summed E-state index contributed by atoms with van der Waals surface area (Å²) >= 11 is 0. The standard InChI is InChI=1S/C11H13N3O2/c1-7(6-10(12)15)13-11-14-8-4-2-3-5-9(8)16-11/h2-5,7H,6H2,1H3,(H2,12,15)(H,13,14). The van der Waals surface area contributed by atoms with E-state index < -0.39 is 0 Å². The van der Waals surface area contributed by atoms with Crippen molar-refractivity contribution in [2.45, 2.75) is 19.4 Å². The van der Waals surface area contributed by atoms with Gasteiger partial charge in [0.2, 0.25) is 5.91 Å². The smallest absolute Gasteiger partial charge is 0.295 e. The van der Waals surface area contributed by atoms with Crippen molar-refractivity contribution in [1.82, 2.24) is 4.98 Å². The summed E-state index contributed by atoms with van der Waals surface area (Å²) in [6, 6.07) is 7.79. The minimum Gasteiger partial charge on any atom is -0.424 e. The predicted octanol–water partition coefficient (Wildman–Crippen LogP) is 1.50. The van der Waals surface area contributed by atoms with E-state index in [-0.39, 0.29) is 18.4 Å². The van der Waals surface area contributed by atoms with Crippen LogP contribution in [0.2, 0.25) is 0 Å². The maximum atomic E-state index is 10.7. The van der Waals surface area contributed by atoms with E-state index in [0.29, 0.717) is 6.01 Å². The third-order valence-corrected chi connectivity index (χ3v) is 2.17. The van der Waals surface area contributed by atoms with E-state index in [2.05, 4.69) is 10.3 Å². The lowest BCUT2D eigenvalue weighted by molar-refractivity contribution is -0.118. The van der Waals surface area contributed by atoms with Gasteiger partial charge in [-0.25, -0.2) is 0 Å². The Morgan fingerprint density at radius 2 is 2.31 bits per heavy atom. The van der Waals surface area contributed by atoms with Gasteiger partial charge in [-0.1, -0.05) is 12.1 Å². The number of hydrogen-bond acceptors (Lipinski definition) is 4. The van der Waals surface area contributed by atoms with Crippen LogP contribution in [-0.4, -0.2) is 16.9 Å². The second-order valence-corrected chi connectivity index (χ2v) is 3.70. The van der Waals surface area contributed by atoms with Crippen LogP contribution in [0.15, 0.2) is 28.7 Å². The summed E-state index contributed by atoms with van der Waals surface area (Å²) in [7, 11) is 0. The van der Waals surface area contributed by atoms with Gasteiger partial charge in [0.25, 0.3) is 6.01 Å². The van der Waals surface area contributed by atoms with E-state index in [1.54, 1.807) is 0 Å². The molecule has 3 N–H and O–H groups in total. The van der Waals surface area contributed by atoms with Gasteiger partial charge >= 0.3 is 0 Å². The van der Waals surface area contributed by atoms with Crippen LogP contribution in [0.3, 0.4) is 0 Å². The number of rotatable bonds is 4. The first-order valence-electron chi connectivity index (χ1n) is 5.05. The molecule has 2 aromatic rings. The number of benzene rings is 1. The molecule has 1 aromatic heterocycles. The number of nitrogens with one attached hydrogen (secondary N) is 1. The number of anilines is 1. The number of primary amides is 1. The summed E-state index contributed by atoms with van der Waals surface area (Å²) in [5, 5.41) is 2.98. The van der Waals surface area contributed by atoms with Crippen LogP contribution in [0.5, 0.6) is 0 Å². The molecule has 0 spiro atoms. The first-order valence-corrected chi connectivity index (χ1v) is 5.05. The fraction of sp³-hybridized carbons (Fsp3) is 0.273. The van der Waals surface area contributed by atoms with Crippen LogP contribution in [0.1, 0.15) is 13.3 Å². The quantitative estimate of drug-likeness (QED) is 0.816. The van der Waals surface area contributed by atoms with E-state index >= 15 is 0 Å². The maximum absolute atomic E-state index is 10.7. The van der Waals surface area contributed by atoms with Gasteiger partial charge in [-0.2, -0.15) is 4.98 Å². The fourth-order valence-corrected chi connectivity index (χ4v) is 1.50. The van der Waals surface area contributed by atoms with Crippen molar-refractivity contribution in [3.63, 3.8) is 0 Å². The highest BCUT2D eigenvalue weighted by molar-refractivity contribution is 5.75. The van der Waals surface area contributed by atoms with Gasteiger partial charge in [0.05, 0.1) is 0 Å². The monoisotopic (exact) mass is 219 g/mol. The van der Waals surface area contributed by atoms with Crippen molar-refractivity contribution >= 4 is 23.0 Å². The third-order valence-electron chi connectivity index (χ3n) is 2.17. The van der Waals surface area contributed by atoms with E-state index in [0.717, 1.165) is 11.1 Å². The molecule has 84 valence electrons. The third kappa shape index (κ3) is 2.31. The average molecular weight is 219 g/mol. The normalized spacial score (nSPS) is 12.6. The molecular formula is C11H13N3O2. The molecule has 5 heteroatoms. The van der Waals surface area contributed by atoms with Gasteiger partial charge in [0.15, 0.2) is 5.58 Å². The molecule has 16 heavy (non-hydrogen) atoms. The zero-order valence-corrected chi connectivity index (χ0v) is 8.93. The molecule has 1 atom stereocenters. The number of oxazole rings is 1. The first-order chi connectivity index (χ1) is 7.65. The molecule has 0 bridgehead atoms. The molecule has 0 saturated carbocycles. The van der Waals surface area contributed by atoms with Crippen molar-refractivity contribution in [1.29, 1.82) is 0 Å². The van der Waals surface area contributed by atoms with Gasteiger partial charge in [-0.05, 0) is 19.1 Å². The highest BCUT2D eigenvalue weighted by atomic mass is 16.4. The van der Waals surface area contributed by atoms with Crippen LogP contribution >= 0.6 is 0 Å². The molecule has 1 amide bonds. The number of hydrogen-bond donors (Lipinski definition) is 2. The predicted molar refractivity (Wildman–Crippen MR) is 60.9 cm³/mol. The SMILES string of the molecule is CC(CC(N)=O)Nc1nc2ccccc2o1. The number of carbonyl (C=O) groups excluding carboxylic acids is 1. The van der Waals surface area contributed by atoms with Crippen LogP contribution < -0.4 is 11.1 Å². The lowest BCUT2D eigenvalue weighted by Crippen LogP contribution is -2.24. The summed E-state index contributed by atoms with van der Waals surface area (Å²) in [6.07, 6.45) is 0.249. The van der Waals surface area contributed by atoms with Crippen molar-refractivity contribution in [3.8, 4) is 0 Å². The summed E-state index contributed by atoms with van der Waals surface area (Å²) in [5.74, 6) is -0.351. The van der Waals surface area contributed by atoms with Gasteiger partial charge in [0, 0.05) is 12.5 Å². The molecule has 5 nitrogen and oxygen atoms in total. The highest BCUT2D eigenvalue weighted by Crippen LogP contribution is 2.18. The van der Waals surface area contributed by atoms with Gasteiger partial charge in [-0.15, -0.1) is 0 Å². The van der Waals surface area contributed by atoms with Crippen molar-refractivity contribution in [2.75, 3.05) is 5.32 Å². The Balaban J connectivity index is 2.12. The van der Waals surface area contributed by atoms with Gasteiger partial charge in [0.1, 0.15) is 5.52 Å². The molecule has 1 aromatic carbocycles. The van der Waals surface area contributed by atoms with E-state index in [4.69, 9.17) is 10.2 Å². The molecule has 0 aliphatic carbocycles. The zero-order chi connectivity index (χ0) is 11.5. The summed E-state index contributed by atoms with van der Waals surface area (Å²) in [6.45, 7) is 1.85. The van der Waals surface area contributed by atoms with Gasteiger partial charge in [-0.3, -0.25) is 4.79 Å². The Kier molecular flexibility index (Phi) is 2.76. The zero-order valence-electron chi connectivity index (χ0n) is 8.93. The number of amides is 1. The summed E-state index contributed by atoms with van der Waals surface area (Å²) in [5.41, 5.74) is 6.60. The number of nitrogens with two attached hydrogens (primary N) is 1. The molecule has 0 saturated heterocycles. The number of para-hydroxylation sites is 2. The Morgan fingerprint density at radius 3 is 3.00 bits per heavy atom. The highest BCUT2D eigenvalue weighted by Gasteiger charge is 2.10. The number of carbonyl (C=O) groups is 1. The largest absolute Gasteiger partial charge is 0.424 e. The second-order valence-electron chi connectivity index (χ2n) is 3.70.